The number of sulfonamides is 1. The van der Waals surface area contributed by atoms with Crippen molar-refractivity contribution in [2.75, 3.05) is 11.1 Å². The van der Waals surface area contributed by atoms with Gasteiger partial charge in [-0.15, -0.1) is 10.2 Å². The molecule has 1 aliphatic heterocycles. The molecule has 266 valence electrons. The van der Waals surface area contributed by atoms with Crippen LogP contribution in [0.15, 0.2) is 112 Å². The Morgan fingerprint density at radius 3 is 2.33 bits per heavy atom. The van der Waals surface area contributed by atoms with Crippen molar-refractivity contribution >= 4 is 44.7 Å². The summed E-state index contributed by atoms with van der Waals surface area (Å²) in [6.07, 6.45) is -1.15. The summed E-state index contributed by atoms with van der Waals surface area (Å²) in [5.41, 5.74) is 4.67. The van der Waals surface area contributed by atoms with E-state index in [4.69, 9.17) is 9.47 Å². The van der Waals surface area contributed by atoms with E-state index in [0.29, 0.717) is 17.0 Å². The molecule has 0 spiro atoms. The molecule has 1 amide bonds. The van der Waals surface area contributed by atoms with Gasteiger partial charge in [0.05, 0.1) is 23.7 Å². The third kappa shape index (κ3) is 9.49. The Morgan fingerprint density at radius 2 is 1.65 bits per heavy atom. The van der Waals surface area contributed by atoms with Gasteiger partial charge in [-0.05, 0) is 61.2 Å². The van der Waals surface area contributed by atoms with Gasteiger partial charge in [-0.25, -0.2) is 8.42 Å². The lowest BCUT2D eigenvalue weighted by molar-refractivity contribution is -0.268. The van der Waals surface area contributed by atoms with Crippen LogP contribution >= 0.6 is 23.1 Å². The number of benzene rings is 4. The standard InChI is InChI=1S/C38H40N4O6S3/c1-24-12-18-32(19-13-24)51(45,46)42-33(20-27-8-5-4-6-9-27)36(44)39-31-11-7-10-30(21-31)37-47-34(23-49-38-41-40-26(3)50-38)25(2)35(48-37)29-16-14-28(22-43)15-17-29/h4-19,21,25,33-35,37,42-43H,20,22-23H2,1-3H3,(H,39,44). The third-order valence-corrected chi connectivity index (χ3v) is 12.2. The Balaban J connectivity index is 1.23. The van der Waals surface area contributed by atoms with Gasteiger partial charge in [0.2, 0.25) is 15.9 Å². The van der Waals surface area contributed by atoms with Crippen molar-refractivity contribution in [1.29, 1.82) is 0 Å². The van der Waals surface area contributed by atoms with Gasteiger partial charge in [0.15, 0.2) is 10.6 Å². The molecular weight excluding hydrogens is 705 g/mol. The highest BCUT2D eigenvalue weighted by Crippen LogP contribution is 2.43. The summed E-state index contributed by atoms with van der Waals surface area (Å²) in [4.78, 5) is 13.9. The second kappa shape index (κ2) is 16.6. The molecule has 5 aromatic rings. The van der Waals surface area contributed by atoms with Crippen LogP contribution in [0.1, 0.15) is 52.1 Å². The number of thioether (sulfide) groups is 1. The Kier molecular flexibility index (Phi) is 12.0. The summed E-state index contributed by atoms with van der Waals surface area (Å²) in [7, 11) is -4.01. The molecule has 0 saturated carbocycles. The van der Waals surface area contributed by atoms with Gasteiger partial charge < -0.3 is 19.9 Å². The Morgan fingerprint density at radius 1 is 0.902 bits per heavy atom. The molecule has 51 heavy (non-hydrogen) atoms. The van der Waals surface area contributed by atoms with Crippen LogP contribution in [-0.4, -0.2) is 47.5 Å². The average Bonchev–Trinajstić information content (AvgIpc) is 3.56. The zero-order valence-electron chi connectivity index (χ0n) is 28.4. The minimum absolute atomic E-state index is 0.0223. The largest absolute Gasteiger partial charge is 0.392 e. The van der Waals surface area contributed by atoms with Gasteiger partial charge in [0.25, 0.3) is 0 Å². The molecule has 5 atom stereocenters. The molecule has 3 N–H and O–H groups in total. The van der Waals surface area contributed by atoms with E-state index in [2.05, 4.69) is 27.2 Å². The molecule has 5 unspecified atom stereocenters. The van der Waals surface area contributed by atoms with Crippen LogP contribution in [0.25, 0.3) is 0 Å². The first-order chi connectivity index (χ1) is 24.6. The van der Waals surface area contributed by atoms with Crippen molar-refractivity contribution in [2.45, 2.75) is 67.6 Å². The fourth-order valence-electron chi connectivity index (χ4n) is 5.80. The van der Waals surface area contributed by atoms with Crippen LogP contribution in [0.5, 0.6) is 0 Å². The molecule has 13 heteroatoms. The molecule has 1 saturated heterocycles. The first-order valence-corrected chi connectivity index (χ1v) is 19.8. The number of carbonyl (C=O) groups is 1. The number of aromatic nitrogens is 2. The lowest BCUT2D eigenvalue weighted by atomic mass is 9.91. The number of carbonyl (C=O) groups excluding carboxylic acids is 1. The van der Waals surface area contributed by atoms with Crippen LogP contribution in [0.3, 0.4) is 0 Å². The minimum atomic E-state index is -4.01. The zero-order chi connectivity index (χ0) is 36.0. The fourth-order valence-corrected chi connectivity index (χ4v) is 9.00. The average molecular weight is 745 g/mol. The number of hydrogen-bond donors (Lipinski definition) is 3. The van der Waals surface area contributed by atoms with E-state index in [-0.39, 0.29) is 36.0 Å². The summed E-state index contributed by atoms with van der Waals surface area (Å²) in [6, 6.07) is 29.6. The van der Waals surface area contributed by atoms with Gasteiger partial charge in [0, 0.05) is 22.9 Å². The van der Waals surface area contributed by atoms with E-state index >= 15 is 0 Å². The SMILES string of the molecule is Cc1ccc(S(=O)(=O)NC(Cc2ccccc2)C(=O)Nc2cccc(C3OC(CSc4nnc(C)s4)C(C)C(c4ccc(CO)cc4)O3)c2)cc1. The highest BCUT2D eigenvalue weighted by atomic mass is 32.2. The van der Waals surface area contributed by atoms with Gasteiger partial charge >= 0.3 is 0 Å². The number of hydrogen-bond acceptors (Lipinski definition) is 10. The maximum atomic E-state index is 13.8. The topological polar surface area (TPSA) is 140 Å². The summed E-state index contributed by atoms with van der Waals surface area (Å²) < 4.78 is 43.5. The Labute approximate surface area is 306 Å². The van der Waals surface area contributed by atoms with E-state index in [1.165, 1.54) is 23.5 Å². The lowest BCUT2D eigenvalue weighted by Gasteiger charge is -2.41. The highest BCUT2D eigenvalue weighted by molar-refractivity contribution is 8.01. The van der Waals surface area contributed by atoms with Gasteiger partial charge in [0.1, 0.15) is 11.0 Å². The van der Waals surface area contributed by atoms with Crippen LogP contribution < -0.4 is 10.0 Å². The molecule has 0 bridgehead atoms. The van der Waals surface area contributed by atoms with E-state index in [0.717, 1.165) is 31.6 Å². The molecule has 10 nitrogen and oxygen atoms in total. The van der Waals surface area contributed by atoms with Gasteiger partial charge in [-0.1, -0.05) is 114 Å². The molecule has 2 heterocycles. The zero-order valence-corrected chi connectivity index (χ0v) is 30.9. The monoisotopic (exact) mass is 744 g/mol. The fraction of sp³-hybridized carbons (Fsp3) is 0.289. The van der Waals surface area contributed by atoms with Crippen LogP contribution in [0.4, 0.5) is 5.69 Å². The maximum absolute atomic E-state index is 13.8. The third-order valence-electron chi connectivity index (χ3n) is 8.66. The van der Waals surface area contributed by atoms with E-state index in [1.54, 1.807) is 42.1 Å². The van der Waals surface area contributed by atoms with E-state index < -0.39 is 28.3 Å². The van der Waals surface area contributed by atoms with Crippen molar-refractivity contribution in [3.05, 3.63) is 136 Å². The van der Waals surface area contributed by atoms with Crippen LogP contribution in [0, 0.1) is 19.8 Å². The van der Waals surface area contributed by atoms with Crippen molar-refractivity contribution in [3.63, 3.8) is 0 Å². The number of rotatable bonds is 13. The number of amides is 1. The molecular formula is C38H40N4O6S3. The predicted octanol–water partition coefficient (Wildman–Crippen LogP) is 6.76. The molecule has 1 fully saturated rings. The first kappa shape index (κ1) is 36.8. The van der Waals surface area contributed by atoms with Crippen LogP contribution in [0.2, 0.25) is 0 Å². The number of nitrogens with one attached hydrogen (secondary N) is 2. The van der Waals surface area contributed by atoms with Gasteiger partial charge in [-0.2, -0.15) is 4.72 Å². The number of anilines is 1. The normalized spacial score (nSPS) is 19.8. The molecule has 4 aromatic carbocycles. The number of aryl methyl sites for hydroxylation is 2. The van der Waals surface area contributed by atoms with Crippen molar-refractivity contribution in [3.8, 4) is 0 Å². The van der Waals surface area contributed by atoms with Crippen LogP contribution in [-0.2, 0) is 37.3 Å². The van der Waals surface area contributed by atoms with E-state index in [1.807, 2.05) is 74.5 Å². The lowest BCUT2D eigenvalue weighted by Crippen LogP contribution is -2.45. The number of aliphatic hydroxyl groups is 1. The molecule has 1 aliphatic rings. The Bertz CT molecular complexity index is 2020. The molecule has 1 aromatic heterocycles. The number of ether oxygens (including phenoxy) is 2. The Hall–Kier alpha value is -3.95. The summed E-state index contributed by atoms with van der Waals surface area (Å²) >= 11 is 3.13. The predicted molar refractivity (Wildman–Crippen MR) is 199 cm³/mol. The number of nitrogens with zero attached hydrogens (tertiary/aromatic N) is 2. The van der Waals surface area contributed by atoms with Crippen molar-refractivity contribution in [2.24, 2.45) is 5.92 Å². The second-order valence-corrected chi connectivity index (χ2v) is 16.7. The smallest absolute Gasteiger partial charge is 0.242 e. The molecule has 0 aliphatic carbocycles. The molecule has 6 rings (SSSR count). The summed E-state index contributed by atoms with van der Waals surface area (Å²) in [6.45, 7) is 5.85. The number of aliphatic hydroxyl groups excluding tert-OH is 1. The van der Waals surface area contributed by atoms with E-state index in [9.17, 15) is 18.3 Å². The van der Waals surface area contributed by atoms with Crippen molar-refractivity contribution < 1.29 is 27.8 Å². The quantitative estimate of drug-likeness (QED) is 0.112. The molecule has 0 radical (unpaired) electrons. The van der Waals surface area contributed by atoms with Crippen molar-refractivity contribution in [1.82, 2.24) is 14.9 Å². The summed E-state index contributed by atoms with van der Waals surface area (Å²) in [5, 5.41) is 21.8. The summed E-state index contributed by atoms with van der Waals surface area (Å²) in [5.74, 6) is 0.0970. The maximum Gasteiger partial charge on any atom is 0.242 e. The highest BCUT2D eigenvalue weighted by Gasteiger charge is 2.38. The first-order valence-electron chi connectivity index (χ1n) is 16.6. The second-order valence-electron chi connectivity index (χ2n) is 12.5. The van der Waals surface area contributed by atoms with Gasteiger partial charge in [-0.3, -0.25) is 4.79 Å². The minimum Gasteiger partial charge on any atom is -0.392 e.